The molecule has 0 saturated heterocycles. The molecule has 0 saturated carbocycles. The van der Waals surface area contributed by atoms with Crippen LogP contribution in [-0.2, 0) is 0 Å². The van der Waals surface area contributed by atoms with E-state index in [1.54, 1.807) is 0 Å². The Hall–Kier alpha value is -1.03. The lowest BCUT2D eigenvalue weighted by Gasteiger charge is -1.96. The Morgan fingerprint density at radius 2 is 2.20 bits per heavy atom. The first kappa shape index (κ1) is 7.09. The maximum absolute atomic E-state index is 12.5. The average molecular weight is 138 g/mol. The molecule has 51 valence electrons. The SMILES string of the molecule is Nc1ccc([B]O)cc1F. The minimum Gasteiger partial charge on any atom is -0.450 e. The van der Waals surface area contributed by atoms with Crippen LogP contribution in [0.25, 0.3) is 0 Å². The summed E-state index contributed by atoms with van der Waals surface area (Å²) in [5.74, 6) is -0.511. The van der Waals surface area contributed by atoms with Crippen molar-refractivity contribution >= 4 is 18.6 Å². The molecule has 1 aromatic rings. The van der Waals surface area contributed by atoms with Gasteiger partial charge in [-0.05, 0) is 12.1 Å². The van der Waals surface area contributed by atoms with E-state index in [0.717, 1.165) is 13.5 Å². The Morgan fingerprint density at radius 3 is 2.70 bits per heavy atom. The highest BCUT2D eigenvalue weighted by Crippen LogP contribution is 2.04. The molecule has 10 heavy (non-hydrogen) atoms. The molecule has 3 N–H and O–H groups in total. The molecule has 0 aliphatic carbocycles. The summed E-state index contributed by atoms with van der Waals surface area (Å²) in [6.45, 7) is 0. The van der Waals surface area contributed by atoms with Gasteiger partial charge in [-0.15, -0.1) is 0 Å². The monoisotopic (exact) mass is 138 g/mol. The van der Waals surface area contributed by atoms with Gasteiger partial charge in [0.05, 0.1) is 5.69 Å². The van der Waals surface area contributed by atoms with Gasteiger partial charge in [-0.25, -0.2) is 4.39 Å². The molecule has 0 atom stereocenters. The zero-order chi connectivity index (χ0) is 7.56. The van der Waals surface area contributed by atoms with Crippen molar-refractivity contribution in [3.8, 4) is 0 Å². The van der Waals surface area contributed by atoms with E-state index in [1.807, 2.05) is 0 Å². The van der Waals surface area contributed by atoms with Gasteiger partial charge >= 0.3 is 7.48 Å². The Labute approximate surface area is 58.8 Å². The van der Waals surface area contributed by atoms with Crippen molar-refractivity contribution in [2.24, 2.45) is 0 Å². The molecule has 0 aliphatic rings. The lowest BCUT2D eigenvalue weighted by molar-refractivity contribution is 0.612. The summed E-state index contributed by atoms with van der Waals surface area (Å²) >= 11 is 0. The molecule has 0 aromatic heterocycles. The topological polar surface area (TPSA) is 46.2 Å². The maximum Gasteiger partial charge on any atom is 0.326 e. The normalized spacial score (nSPS) is 9.40. The fourth-order valence-electron chi connectivity index (χ4n) is 0.624. The predicted molar refractivity (Wildman–Crippen MR) is 38.4 cm³/mol. The number of hydrogen-bond donors (Lipinski definition) is 2. The van der Waals surface area contributed by atoms with Crippen LogP contribution in [0.1, 0.15) is 0 Å². The van der Waals surface area contributed by atoms with Gasteiger partial charge < -0.3 is 10.8 Å². The molecular formula is C6H6BFNO. The summed E-state index contributed by atoms with van der Waals surface area (Å²) < 4.78 is 12.5. The number of rotatable bonds is 1. The van der Waals surface area contributed by atoms with Gasteiger partial charge in [0.25, 0.3) is 0 Å². The summed E-state index contributed by atoms with van der Waals surface area (Å²) in [4.78, 5) is 0. The molecule has 0 amide bonds. The van der Waals surface area contributed by atoms with Crippen LogP contribution in [0.15, 0.2) is 18.2 Å². The van der Waals surface area contributed by atoms with Crippen LogP contribution >= 0.6 is 0 Å². The molecule has 0 unspecified atom stereocenters. The van der Waals surface area contributed by atoms with Crippen molar-refractivity contribution in [3.05, 3.63) is 24.0 Å². The van der Waals surface area contributed by atoms with Gasteiger partial charge in [-0.2, -0.15) is 0 Å². The summed E-state index contributed by atoms with van der Waals surface area (Å²) in [5.41, 5.74) is 5.67. The fraction of sp³-hybridized carbons (Fsp3) is 0. The van der Waals surface area contributed by atoms with Crippen molar-refractivity contribution in [2.75, 3.05) is 5.73 Å². The van der Waals surface area contributed by atoms with Crippen molar-refractivity contribution < 1.29 is 9.41 Å². The minimum absolute atomic E-state index is 0.0885. The molecule has 1 aromatic carbocycles. The van der Waals surface area contributed by atoms with Gasteiger partial charge in [0.2, 0.25) is 0 Å². The van der Waals surface area contributed by atoms with Crippen LogP contribution < -0.4 is 11.2 Å². The van der Waals surface area contributed by atoms with E-state index in [2.05, 4.69) is 0 Å². The number of hydrogen-bond acceptors (Lipinski definition) is 2. The second-order valence-corrected chi connectivity index (χ2v) is 1.91. The van der Waals surface area contributed by atoms with Gasteiger partial charge in [0.1, 0.15) is 5.82 Å². The van der Waals surface area contributed by atoms with Gasteiger partial charge in [-0.1, -0.05) is 11.5 Å². The van der Waals surface area contributed by atoms with Crippen molar-refractivity contribution in [3.63, 3.8) is 0 Å². The third kappa shape index (κ3) is 1.27. The smallest absolute Gasteiger partial charge is 0.326 e. The summed E-state index contributed by atoms with van der Waals surface area (Å²) in [5, 5.41) is 8.42. The van der Waals surface area contributed by atoms with Gasteiger partial charge in [-0.3, -0.25) is 0 Å². The van der Waals surface area contributed by atoms with Crippen LogP contribution in [0.2, 0.25) is 0 Å². The Bertz CT molecular complexity index is 241. The second-order valence-electron chi connectivity index (χ2n) is 1.91. The fourth-order valence-corrected chi connectivity index (χ4v) is 0.624. The van der Waals surface area contributed by atoms with Gasteiger partial charge in [0, 0.05) is 0 Å². The zero-order valence-corrected chi connectivity index (χ0v) is 5.21. The van der Waals surface area contributed by atoms with E-state index in [-0.39, 0.29) is 5.69 Å². The Balaban J connectivity index is 3.04. The standard InChI is InChI=1S/C6H6BFNO/c8-5-3-4(7-10)1-2-6(5)9/h1-3,10H,9H2. The molecule has 2 nitrogen and oxygen atoms in total. The van der Waals surface area contributed by atoms with Crippen LogP contribution in [0.5, 0.6) is 0 Å². The summed E-state index contributed by atoms with van der Waals surface area (Å²) in [6.07, 6.45) is 0. The summed E-state index contributed by atoms with van der Waals surface area (Å²) in [6, 6.07) is 4.09. The molecule has 4 heteroatoms. The van der Waals surface area contributed by atoms with Crippen LogP contribution in [0.4, 0.5) is 10.1 Å². The third-order valence-corrected chi connectivity index (χ3v) is 1.17. The van der Waals surface area contributed by atoms with Crippen LogP contribution in [-0.4, -0.2) is 12.5 Å². The molecule has 1 radical (unpaired) electrons. The average Bonchev–Trinajstić information content (AvgIpc) is 1.95. The quantitative estimate of drug-likeness (QED) is 0.411. The van der Waals surface area contributed by atoms with E-state index in [4.69, 9.17) is 10.8 Å². The lowest BCUT2D eigenvalue weighted by Crippen LogP contribution is -2.14. The van der Waals surface area contributed by atoms with Crippen LogP contribution in [0, 0.1) is 5.82 Å². The first-order chi connectivity index (χ1) is 4.74. The first-order valence-corrected chi connectivity index (χ1v) is 2.76. The van der Waals surface area contributed by atoms with Crippen LogP contribution in [0.3, 0.4) is 0 Å². The number of nitrogens with two attached hydrogens (primary N) is 1. The van der Waals surface area contributed by atoms with E-state index in [9.17, 15) is 4.39 Å². The zero-order valence-electron chi connectivity index (χ0n) is 5.21. The van der Waals surface area contributed by atoms with Crippen molar-refractivity contribution in [1.82, 2.24) is 0 Å². The van der Waals surface area contributed by atoms with E-state index in [0.29, 0.717) is 5.46 Å². The Morgan fingerprint density at radius 1 is 1.50 bits per heavy atom. The van der Waals surface area contributed by atoms with E-state index in [1.165, 1.54) is 12.1 Å². The maximum atomic E-state index is 12.5. The van der Waals surface area contributed by atoms with Crippen molar-refractivity contribution in [2.45, 2.75) is 0 Å². The van der Waals surface area contributed by atoms with Gasteiger partial charge in [0.15, 0.2) is 0 Å². The highest BCUT2D eigenvalue weighted by atomic mass is 19.1. The molecule has 0 spiro atoms. The molecule has 0 bridgehead atoms. The molecular weight excluding hydrogens is 132 g/mol. The highest BCUT2D eigenvalue weighted by molar-refractivity contribution is 6.45. The molecule has 1 rings (SSSR count). The minimum atomic E-state index is -0.511. The number of halogens is 1. The molecule has 0 heterocycles. The lowest BCUT2D eigenvalue weighted by atomic mass is 9.89. The number of anilines is 1. The predicted octanol–water partition coefficient (Wildman–Crippen LogP) is -0.355. The highest BCUT2D eigenvalue weighted by Gasteiger charge is 1.98. The number of nitrogen functional groups attached to an aromatic ring is 1. The summed E-state index contributed by atoms with van der Waals surface area (Å²) in [7, 11) is 0.822. The molecule has 0 aliphatic heterocycles. The third-order valence-electron chi connectivity index (χ3n) is 1.17. The van der Waals surface area contributed by atoms with E-state index >= 15 is 0 Å². The number of benzene rings is 1. The van der Waals surface area contributed by atoms with E-state index < -0.39 is 5.82 Å². The van der Waals surface area contributed by atoms with Crippen molar-refractivity contribution in [1.29, 1.82) is 0 Å². The molecule has 0 fully saturated rings. The second kappa shape index (κ2) is 2.71. The first-order valence-electron chi connectivity index (χ1n) is 2.76. The largest absolute Gasteiger partial charge is 0.450 e. The Kier molecular flexibility index (Phi) is 1.92.